The first-order valence-corrected chi connectivity index (χ1v) is 13.7. The molecule has 2 aliphatic heterocycles. The Bertz CT molecular complexity index is 847. The number of rotatable bonds is 12. The minimum atomic E-state index is -3.93. The van der Waals surface area contributed by atoms with Crippen LogP contribution in [0, 0.1) is 0 Å². The SMILES string of the molecule is C[C@]1(O)COC(O[C@H]2C(NC(=O)C(O)C(F)(F)CN)CC(N)[C@@H](O[C@@H]3CC(O)CC(CNCCO)O3)C2O)C(O)C1. The average Bonchev–Trinajstić information content (AvgIpc) is 2.89. The second-order valence-electron chi connectivity index (χ2n) is 11.3. The largest absolute Gasteiger partial charge is 0.395 e. The highest BCUT2D eigenvalue weighted by Crippen LogP contribution is 2.32. The molecule has 1 amide bonds. The van der Waals surface area contributed by atoms with E-state index in [0.717, 1.165) is 0 Å². The summed E-state index contributed by atoms with van der Waals surface area (Å²) in [6.45, 7) is 0.460. The fraction of sp³-hybridized carbons (Fsp3) is 0.958. The lowest BCUT2D eigenvalue weighted by molar-refractivity contribution is -0.303. The number of halogens is 2. The van der Waals surface area contributed by atoms with Gasteiger partial charge in [-0.15, -0.1) is 0 Å². The zero-order chi connectivity index (χ0) is 30.5. The fourth-order valence-electron chi connectivity index (χ4n) is 5.25. The minimum absolute atomic E-state index is 0.0536. The van der Waals surface area contributed by atoms with Crippen LogP contribution in [0.2, 0.25) is 0 Å². The smallest absolute Gasteiger partial charge is 0.294 e. The standard InChI is InChI=1S/C24H44F2N4O11/c1-23(37)7-15(33)22(38-10-23)41-19-14(30-21(36)20(35)24(25,26)9-27)6-13(28)18(17(19)34)40-16-5-11(32)4-12(39-16)8-29-2-3-31/h11-20,22,29,31-35,37H,2-10,27-28H2,1H3,(H,30,36)/t11?,12?,13?,14?,15?,16-,17?,18-,19+,20?,22?,23-/m1/s1. The quantitative estimate of drug-likeness (QED) is 0.0947. The van der Waals surface area contributed by atoms with Gasteiger partial charge in [0.2, 0.25) is 0 Å². The van der Waals surface area contributed by atoms with Crippen molar-refractivity contribution in [1.29, 1.82) is 0 Å². The van der Waals surface area contributed by atoms with E-state index in [1.807, 2.05) is 0 Å². The highest BCUT2D eigenvalue weighted by molar-refractivity contribution is 5.82. The van der Waals surface area contributed by atoms with E-state index in [-0.39, 0.29) is 32.5 Å². The zero-order valence-corrected chi connectivity index (χ0v) is 22.8. The zero-order valence-electron chi connectivity index (χ0n) is 22.8. The molecular formula is C24H44F2N4O11. The van der Waals surface area contributed by atoms with Crippen LogP contribution in [0.5, 0.6) is 0 Å². The first kappa shape index (κ1) is 34.3. The van der Waals surface area contributed by atoms with E-state index in [2.05, 4.69) is 10.6 Å². The molecule has 240 valence electrons. The Morgan fingerprint density at radius 2 is 1.90 bits per heavy atom. The van der Waals surface area contributed by atoms with Crippen LogP contribution in [0.4, 0.5) is 8.78 Å². The van der Waals surface area contributed by atoms with Crippen molar-refractivity contribution in [2.24, 2.45) is 11.5 Å². The number of carbonyl (C=O) groups excluding carboxylic acids is 1. The fourth-order valence-corrected chi connectivity index (χ4v) is 5.25. The van der Waals surface area contributed by atoms with E-state index >= 15 is 0 Å². The number of hydrogen-bond acceptors (Lipinski definition) is 14. The van der Waals surface area contributed by atoms with Crippen molar-refractivity contribution in [2.45, 2.75) is 112 Å². The van der Waals surface area contributed by atoms with Crippen LogP contribution >= 0.6 is 0 Å². The summed E-state index contributed by atoms with van der Waals surface area (Å²) in [6, 6.07) is -2.25. The number of carbonyl (C=O) groups is 1. The van der Waals surface area contributed by atoms with Crippen LogP contribution in [0.15, 0.2) is 0 Å². The summed E-state index contributed by atoms with van der Waals surface area (Å²) in [5.74, 6) is -5.42. The summed E-state index contributed by atoms with van der Waals surface area (Å²) < 4.78 is 50.9. The molecule has 3 aliphatic rings. The van der Waals surface area contributed by atoms with Crippen molar-refractivity contribution >= 4 is 5.91 Å². The normalized spacial score (nSPS) is 41.1. The van der Waals surface area contributed by atoms with Crippen LogP contribution in [0.3, 0.4) is 0 Å². The van der Waals surface area contributed by atoms with E-state index in [1.54, 1.807) is 0 Å². The van der Waals surface area contributed by atoms with Crippen molar-refractivity contribution in [2.75, 3.05) is 32.8 Å². The Balaban J connectivity index is 1.76. The molecule has 17 heteroatoms. The monoisotopic (exact) mass is 602 g/mol. The third-order valence-corrected chi connectivity index (χ3v) is 7.39. The van der Waals surface area contributed by atoms with Crippen molar-refractivity contribution in [3.05, 3.63) is 0 Å². The molecule has 1 aliphatic carbocycles. The number of hydrogen-bond donors (Lipinski definition) is 10. The molecule has 41 heavy (non-hydrogen) atoms. The number of aliphatic hydroxyl groups is 6. The van der Waals surface area contributed by atoms with Gasteiger partial charge in [-0.25, -0.2) is 8.78 Å². The van der Waals surface area contributed by atoms with Gasteiger partial charge in [-0.3, -0.25) is 4.79 Å². The van der Waals surface area contributed by atoms with Crippen molar-refractivity contribution in [1.82, 2.24) is 10.6 Å². The van der Waals surface area contributed by atoms with Gasteiger partial charge in [0.05, 0.1) is 43.6 Å². The molecule has 0 spiro atoms. The van der Waals surface area contributed by atoms with Crippen molar-refractivity contribution in [3.63, 3.8) is 0 Å². The maximum absolute atomic E-state index is 13.9. The lowest BCUT2D eigenvalue weighted by atomic mass is 9.83. The number of amides is 1. The van der Waals surface area contributed by atoms with Gasteiger partial charge < -0.3 is 71.7 Å². The maximum Gasteiger partial charge on any atom is 0.294 e. The molecule has 8 unspecified atom stereocenters. The maximum atomic E-state index is 13.9. The van der Waals surface area contributed by atoms with E-state index in [4.69, 9.17) is 35.5 Å². The lowest BCUT2D eigenvalue weighted by Gasteiger charge is -2.47. The molecule has 0 aromatic rings. The Labute approximate surface area is 236 Å². The summed E-state index contributed by atoms with van der Waals surface area (Å²) in [4.78, 5) is 12.5. The number of ether oxygens (including phenoxy) is 4. The van der Waals surface area contributed by atoms with E-state index < -0.39 is 91.4 Å². The molecule has 2 heterocycles. The molecule has 0 aromatic heterocycles. The Morgan fingerprint density at radius 1 is 1.20 bits per heavy atom. The molecule has 2 saturated heterocycles. The molecule has 12 N–H and O–H groups in total. The van der Waals surface area contributed by atoms with Gasteiger partial charge in [0, 0.05) is 38.4 Å². The van der Waals surface area contributed by atoms with Gasteiger partial charge in [-0.1, -0.05) is 0 Å². The average molecular weight is 603 g/mol. The van der Waals surface area contributed by atoms with Crippen molar-refractivity contribution < 1.29 is 63.2 Å². The van der Waals surface area contributed by atoms with Gasteiger partial charge in [-0.05, 0) is 13.3 Å². The Kier molecular flexibility index (Phi) is 12.1. The third-order valence-electron chi connectivity index (χ3n) is 7.39. The van der Waals surface area contributed by atoms with Gasteiger partial charge >= 0.3 is 0 Å². The highest BCUT2D eigenvalue weighted by Gasteiger charge is 2.51. The molecule has 0 aromatic carbocycles. The Hall–Kier alpha value is -1.19. The minimum Gasteiger partial charge on any atom is -0.395 e. The lowest BCUT2D eigenvalue weighted by Crippen LogP contribution is -2.67. The van der Waals surface area contributed by atoms with Gasteiger partial charge in [-0.2, -0.15) is 0 Å². The van der Waals surface area contributed by atoms with Crippen LogP contribution in [-0.2, 0) is 23.7 Å². The first-order chi connectivity index (χ1) is 19.2. The number of aliphatic hydroxyl groups excluding tert-OH is 5. The molecule has 12 atom stereocenters. The number of nitrogens with one attached hydrogen (secondary N) is 2. The predicted octanol–water partition coefficient (Wildman–Crippen LogP) is -4.41. The number of alkyl halides is 2. The Morgan fingerprint density at radius 3 is 2.54 bits per heavy atom. The molecular weight excluding hydrogens is 558 g/mol. The summed E-state index contributed by atoms with van der Waals surface area (Å²) >= 11 is 0. The second-order valence-corrected chi connectivity index (χ2v) is 11.3. The molecule has 0 bridgehead atoms. The topological polar surface area (TPSA) is 251 Å². The van der Waals surface area contributed by atoms with Gasteiger partial charge in [0.15, 0.2) is 18.7 Å². The highest BCUT2D eigenvalue weighted by atomic mass is 19.3. The van der Waals surface area contributed by atoms with Crippen LogP contribution in [-0.4, -0.2) is 148 Å². The molecule has 3 rings (SSSR count). The van der Waals surface area contributed by atoms with Gasteiger partial charge in [0.25, 0.3) is 11.8 Å². The van der Waals surface area contributed by atoms with E-state index in [1.165, 1.54) is 6.92 Å². The third kappa shape index (κ3) is 9.15. The summed E-state index contributed by atoms with van der Waals surface area (Å²) in [6.07, 6.45) is -12.1. The van der Waals surface area contributed by atoms with E-state index in [9.17, 15) is 39.1 Å². The van der Waals surface area contributed by atoms with Crippen LogP contribution < -0.4 is 22.1 Å². The summed E-state index contributed by atoms with van der Waals surface area (Å²) in [7, 11) is 0. The first-order valence-electron chi connectivity index (χ1n) is 13.7. The molecule has 1 saturated carbocycles. The van der Waals surface area contributed by atoms with Crippen LogP contribution in [0.1, 0.15) is 32.6 Å². The second kappa shape index (κ2) is 14.5. The molecule has 15 nitrogen and oxygen atoms in total. The van der Waals surface area contributed by atoms with Gasteiger partial charge in [0.1, 0.15) is 24.4 Å². The summed E-state index contributed by atoms with van der Waals surface area (Å²) in [5.41, 5.74) is 9.89. The predicted molar refractivity (Wildman–Crippen MR) is 135 cm³/mol. The molecule has 0 radical (unpaired) electrons. The number of nitrogens with two attached hydrogens (primary N) is 2. The van der Waals surface area contributed by atoms with E-state index in [0.29, 0.717) is 19.5 Å². The van der Waals surface area contributed by atoms with Crippen molar-refractivity contribution in [3.8, 4) is 0 Å². The van der Waals surface area contributed by atoms with Crippen LogP contribution in [0.25, 0.3) is 0 Å². The summed E-state index contributed by atoms with van der Waals surface area (Å²) in [5, 5.41) is 66.3. The molecule has 3 fully saturated rings.